The lowest BCUT2D eigenvalue weighted by Crippen LogP contribution is -2.54. The summed E-state index contributed by atoms with van der Waals surface area (Å²) in [5.74, 6) is -5.77. The van der Waals surface area contributed by atoms with Crippen LogP contribution in [0, 0.1) is 43.0 Å². The van der Waals surface area contributed by atoms with Crippen molar-refractivity contribution < 1.29 is 76.3 Å². The monoisotopic (exact) mass is 1700 g/mol. The molecule has 40 rings (SSSR count). The van der Waals surface area contributed by atoms with Crippen molar-refractivity contribution in [2.24, 2.45) is 21.7 Å². The SMILES string of the molecule is CCOC(=O)C1(C(=O)OCC)C23C4=C5C6=C7c8c9c%10c%11c%12c8c8c%13c%14c%15c%16c%17c(c%14%12)C%11%12C(C(=O)OCC)(C(=O)OCC)C%12%11c%12c%14c%18c%19c(c%12-%10)C9%10C(C(=O)OCC)(C(=O)OCC)C6%10c6c5c5c9c(c6-%19)C%186CN(c%10ccc(SC#N)cc%10)CC6%10c6c-9c(c9c%12c6-c6c%10c-%14c%11c-%17c6C%166C(C(=O)OCC)(C(=O)OCC)C%126c6c-%15c-%13c(c2c6-9)C42CN(c4ccc(SC#N)cc4)CC782)C513. The van der Waals surface area contributed by atoms with Crippen molar-refractivity contribution in [1.29, 1.82) is 10.5 Å². The molecule has 0 aromatic heterocycles. The highest BCUT2D eigenvalue weighted by atomic mass is 32.2. The first kappa shape index (κ1) is 64.0. The number of allylic oxidation sites excluding steroid dienone is 2. The molecule has 2 heterocycles. The molecule has 10 aromatic rings. The molecule has 28 aliphatic carbocycles. The fourth-order valence-electron chi connectivity index (χ4n) is 42.0. The van der Waals surface area contributed by atoms with Crippen LogP contribution >= 0.6 is 23.5 Å². The molecule has 12 unspecified atom stereocenters. The Hall–Kier alpha value is -12.8. The first-order chi connectivity index (χ1) is 62.5. The smallest absolute Gasteiger partial charge is 0.326 e. The van der Waals surface area contributed by atoms with E-state index in [0.29, 0.717) is 13.1 Å². The van der Waals surface area contributed by atoms with E-state index in [1.807, 2.05) is 79.7 Å². The van der Waals surface area contributed by atoms with Crippen LogP contribution in [-0.2, 0) is 141 Å². The molecule has 10 aromatic carbocycles. The Morgan fingerprint density at radius 3 is 0.961 bits per heavy atom. The molecule has 608 valence electrons. The van der Waals surface area contributed by atoms with Gasteiger partial charge >= 0.3 is 47.8 Å². The number of esters is 8. The Morgan fingerprint density at radius 2 is 0.555 bits per heavy atom. The standard InChI is InChI=1S/C106H56N4O16S2/c1-9-119-83(111)103(84(112)120-10-2)95-65-38-35-36-41-39-37(35)66-52(65)54-70-44-47-63-49-50-64-51-48-62-46-45(61(44)91(63)25-109(26-92(62,64)91)31-17-21-33(22-18-31)127-29-107)71(54)98(95,103)72(46)55-53-67(95)40(38)42-43-69(53)99(73(48)55)101(105(99,87(115)123-13-5)88(116)124-14-6)77(51)58-59-81(101)79(43)93(60(36)42)27-110(32-19-23-34(24-20-32)128-30-108)28-94(93)78(41)80-57-56(74(47)97(68(39)57)96(66,70)104(97,85(113)121-11-3)86(114)122-12-4)75(49)100(76(50)58)102(80,82(59)94)106(100,89(117)125-15-7)90(118)126-16-8/h17-24H,9-16,25-28H2,1-8H3. The van der Waals surface area contributed by atoms with Gasteiger partial charge in [0.2, 0.25) is 0 Å². The minimum Gasteiger partial charge on any atom is -0.465 e. The third kappa shape index (κ3) is 3.77. The molecule has 12 atom stereocenters. The van der Waals surface area contributed by atoms with Crippen molar-refractivity contribution >= 4 is 115 Å². The second-order valence-electron chi connectivity index (χ2n) is 41.5. The van der Waals surface area contributed by atoms with Gasteiger partial charge in [0.05, 0.1) is 118 Å². The van der Waals surface area contributed by atoms with Crippen molar-refractivity contribution in [1.82, 2.24) is 0 Å². The van der Waals surface area contributed by atoms with E-state index in [9.17, 15) is 10.5 Å². The van der Waals surface area contributed by atoms with Gasteiger partial charge in [0.25, 0.3) is 0 Å². The lowest BCUT2D eigenvalue weighted by molar-refractivity contribution is -0.167. The highest BCUT2D eigenvalue weighted by Gasteiger charge is 3.15. The molecule has 128 heavy (non-hydrogen) atoms. The number of nitriles is 2. The number of benzene rings is 10. The normalized spacial score (nSPS) is 33.6. The molecule has 20 nitrogen and oxygen atoms in total. The Balaban J connectivity index is 0.871. The zero-order valence-corrected chi connectivity index (χ0v) is 70.9. The molecule has 4 saturated carbocycles. The molecule has 0 N–H and O–H groups in total. The largest absolute Gasteiger partial charge is 0.465 e. The minimum atomic E-state index is -2.33. The molecule has 22 heteroatoms. The quantitative estimate of drug-likeness (QED) is 0.0171. The third-order valence-electron chi connectivity index (χ3n) is 41.5. The number of anilines is 2. The maximum Gasteiger partial charge on any atom is 0.326 e. The summed E-state index contributed by atoms with van der Waals surface area (Å²) >= 11 is 2.17. The van der Waals surface area contributed by atoms with Crippen molar-refractivity contribution in [3.05, 3.63) is 182 Å². The fourth-order valence-corrected chi connectivity index (χ4v) is 42.7. The summed E-state index contributed by atoms with van der Waals surface area (Å²) in [6, 6.07) is 16.5. The van der Waals surface area contributed by atoms with Gasteiger partial charge in [-0.05, 0) is 394 Å². The number of thioether (sulfide) groups is 2. The van der Waals surface area contributed by atoms with Crippen LogP contribution in [-0.4, -0.2) is 127 Å². The van der Waals surface area contributed by atoms with Gasteiger partial charge in [-0.15, -0.1) is 0 Å². The van der Waals surface area contributed by atoms with Crippen LogP contribution in [0.5, 0.6) is 0 Å². The average molecular weight is 1710 g/mol. The third-order valence-corrected chi connectivity index (χ3v) is 42.7. The van der Waals surface area contributed by atoms with Gasteiger partial charge in [0, 0.05) is 47.3 Å². The average Bonchev–Trinajstić information content (AvgIpc) is 1.31. The van der Waals surface area contributed by atoms with Crippen LogP contribution in [0.3, 0.4) is 0 Å². The van der Waals surface area contributed by atoms with Crippen molar-refractivity contribution in [3.8, 4) is 111 Å². The highest BCUT2D eigenvalue weighted by molar-refractivity contribution is 8.04. The summed E-state index contributed by atoms with van der Waals surface area (Å²) < 4.78 is 56.7. The number of hydrogen-bond acceptors (Lipinski definition) is 22. The van der Waals surface area contributed by atoms with Crippen molar-refractivity contribution in [2.45, 2.75) is 130 Å². The van der Waals surface area contributed by atoms with E-state index in [4.69, 9.17) is 37.9 Å². The predicted molar refractivity (Wildman–Crippen MR) is 454 cm³/mol. The second kappa shape index (κ2) is 16.1. The second-order valence-corrected chi connectivity index (χ2v) is 43.2. The molecule has 30 aliphatic rings. The van der Waals surface area contributed by atoms with Gasteiger partial charge in [-0.2, -0.15) is 10.5 Å². The Labute approximate surface area is 731 Å². The first-order valence-electron chi connectivity index (χ1n) is 45.8. The molecular formula is C106H56N4O16S2. The Kier molecular flexibility index (Phi) is 8.08. The lowest BCUT2D eigenvalue weighted by Gasteiger charge is -2.54. The fraction of sp³-hybridized carbons (Fsp3) is 0.340. The summed E-state index contributed by atoms with van der Waals surface area (Å²) in [6.45, 7) is 14.7. The number of thiocyanates is 2. The Bertz CT molecular complexity index is 8760. The summed E-state index contributed by atoms with van der Waals surface area (Å²) in [6.07, 6.45) is 0. The highest BCUT2D eigenvalue weighted by Crippen LogP contribution is 3.13. The number of hydrogen-bond donors (Lipinski definition) is 0. The van der Waals surface area contributed by atoms with Gasteiger partial charge in [-0.25, -0.2) is 0 Å². The van der Waals surface area contributed by atoms with Crippen molar-refractivity contribution in [2.75, 3.05) is 88.8 Å². The minimum absolute atomic E-state index is 0.106. The molecule has 2 saturated heterocycles. The van der Waals surface area contributed by atoms with Gasteiger partial charge < -0.3 is 47.7 Å². The van der Waals surface area contributed by atoms with E-state index in [2.05, 4.69) is 44.9 Å². The molecule has 0 bridgehead atoms. The van der Waals surface area contributed by atoms with Crippen molar-refractivity contribution in [3.63, 3.8) is 0 Å². The molecular weight excluding hydrogens is 1650 g/mol. The van der Waals surface area contributed by atoms with Crippen LogP contribution in [0.25, 0.3) is 133 Å². The zero-order valence-electron chi connectivity index (χ0n) is 69.2. The number of carbonyl (C=O) groups excluding carboxylic acids is 8. The molecule has 6 fully saturated rings. The maximum absolute atomic E-state index is 18.7. The van der Waals surface area contributed by atoms with Crippen LogP contribution in [0.15, 0.2) is 69.5 Å². The summed E-state index contributed by atoms with van der Waals surface area (Å²) in [5.41, 5.74) is 10.8. The molecule has 12 spiro atoms. The molecule has 0 amide bonds. The first-order valence-corrected chi connectivity index (χ1v) is 47.4. The van der Waals surface area contributed by atoms with Gasteiger partial charge in [0.15, 0.2) is 21.7 Å². The van der Waals surface area contributed by atoms with E-state index in [1.54, 1.807) is 0 Å². The maximum atomic E-state index is 18.7. The number of rotatable bonds is 20. The summed E-state index contributed by atoms with van der Waals surface area (Å²) in [4.78, 5) is 154. The number of carbonyl (C=O) groups is 8. The van der Waals surface area contributed by atoms with Gasteiger partial charge in [0.1, 0.15) is 10.8 Å². The molecule has 0 radical (unpaired) electrons. The van der Waals surface area contributed by atoms with Crippen LogP contribution in [0.1, 0.15) is 178 Å². The lowest BCUT2D eigenvalue weighted by atomic mass is 9.45. The van der Waals surface area contributed by atoms with Gasteiger partial charge in [-0.3, -0.25) is 38.4 Å². The predicted octanol–water partition coefficient (Wildman–Crippen LogP) is 13.3. The zero-order chi connectivity index (χ0) is 84.4. The number of nitrogens with zero attached hydrogens (tertiary/aromatic N) is 4. The van der Waals surface area contributed by atoms with Crippen LogP contribution in [0.2, 0.25) is 0 Å². The van der Waals surface area contributed by atoms with Crippen LogP contribution in [0.4, 0.5) is 11.4 Å². The topological polar surface area (TPSA) is 264 Å². The summed E-state index contributed by atoms with van der Waals surface area (Å²) in [5, 5.41) is 29.0. The van der Waals surface area contributed by atoms with Gasteiger partial charge in [-0.1, -0.05) is 0 Å². The van der Waals surface area contributed by atoms with Crippen LogP contribution < -0.4 is 9.80 Å². The number of ether oxygens (including phenoxy) is 8. The van der Waals surface area contributed by atoms with E-state index >= 15 is 38.4 Å². The summed E-state index contributed by atoms with van der Waals surface area (Å²) in [7, 11) is 0. The van der Waals surface area contributed by atoms with E-state index in [0.717, 1.165) is 311 Å². The van der Waals surface area contributed by atoms with E-state index in [-0.39, 0.29) is 65.9 Å². The van der Waals surface area contributed by atoms with E-state index < -0.39 is 134 Å². The molecule has 2 aliphatic heterocycles. The Morgan fingerprint density at radius 1 is 0.273 bits per heavy atom. The van der Waals surface area contributed by atoms with E-state index in [1.165, 1.54) is 0 Å².